The molecule has 34 heavy (non-hydrogen) atoms. The van der Waals surface area contributed by atoms with Crippen LogP contribution in [0.1, 0.15) is 17.7 Å². The molecule has 1 amide bonds. The fourth-order valence-corrected chi connectivity index (χ4v) is 5.16. The van der Waals surface area contributed by atoms with Crippen LogP contribution < -0.4 is 9.64 Å². The molecular formula is C25H26FN5O2S. The first-order valence-electron chi connectivity index (χ1n) is 11.3. The zero-order valence-electron chi connectivity index (χ0n) is 19.2. The van der Waals surface area contributed by atoms with Crippen molar-refractivity contribution < 1.29 is 13.9 Å². The van der Waals surface area contributed by atoms with E-state index in [1.807, 2.05) is 43.0 Å². The van der Waals surface area contributed by atoms with Crippen molar-refractivity contribution in [1.82, 2.24) is 19.7 Å². The van der Waals surface area contributed by atoms with E-state index in [1.54, 1.807) is 28.2 Å². The number of fused-ring (bicyclic) bond motifs is 1. The molecule has 3 heterocycles. The van der Waals surface area contributed by atoms with Crippen molar-refractivity contribution in [3.8, 4) is 11.4 Å². The number of ether oxygens (including phenoxy) is 1. The van der Waals surface area contributed by atoms with E-state index in [9.17, 15) is 9.18 Å². The Bertz CT molecular complexity index is 1320. The largest absolute Gasteiger partial charge is 0.484 e. The molecule has 0 saturated carbocycles. The third-order valence-electron chi connectivity index (χ3n) is 5.92. The first-order chi connectivity index (χ1) is 16.5. The second kappa shape index (κ2) is 9.42. The van der Waals surface area contributed by atoms with E-state index in [0.29, 0.717) is 25.4 Å². The number of halogens is 1. The lowest BCUT2D eigenvalue weighted by Crippen LogP contribution is -2.38. The highest BCUT2D eigenvalue weighted by Gasteiger charge is 2.23. The van der Waals surface area contributed by atoms with Gasteiger partial charge in [0, 0.05) is 26.2 Å². The molecule has 1 aliphatic heterocycles. The Kier molecular flexibility index (Phi) is 6.19. The molecule has 0 radical (unpaired) electrons. The number of aromatic nitrogens is 3. The summed E-state index contributed by atoms with van der Waals surface area (Å²) in [5, 5.41) is 5.51. The molecule has 2 aromatic heterocycles. The number of aryl methyl sites for hydroxylation is 2. The Morgan fingerprint density at radius 1 is 1.09 bits per heavy atom. The van der Waals surface area contributed by atoms with Gasteiger partial charge in [-0.25, -0.2) is 9.07 Å². The summed E-state index contributed by atoms with van der Waals surface area (Å²) < 4.78 is 21.9. The molecule has 0 atom stereocenters. The van der Waals surface area contributed by atoms with Crippen molar-refractivity contribution in [3.05, 3.63) is 65.6 Å². The minimum Gasteiger partial charge on any atom is -0.484 e. The molecule has 4 aromatic rings. The first-order valence-corrected chi connectivity index (χ1v) is 12.1. The number of carbonyl (C=O) groups excluding carboxylic acids is 1. The van der Waals surface area contributed by atoms with Gasteiger partial charge >= 0.3 is 0 Å². The number of nitrogens with zero attached hydrogens (tertiary/aromatic N) is 5. The maximum atomic E-state index is 13.4. The van der Waals surface area contributed by atoms with Gasteiger partial charge in [0.05, 0.1) is 16.1 Å². The van der Waals surface area contributed by atoms with E-state index in [1.165, 1.54) is 12.1 Å². The highest BCUT2D eigenvalue weighted by Crippen LogP contribution is 2.33. The maximum Gasteiger partial charge on any atom is 0.260 e. The molecule has 2 aromatic carbocycles. The minimum atomic E-state index is -0.282. The summed E-state index contributed by atoms with van der Waals surface area (Å²) in [4.78, 5) is 21.7. The smallest absolute Gasteiger partial charge is 0.260 e. The van der Waals surface area contributed by atoms with Gasteiger partial charge in [0.25, 0.3) is 5.91 Å². The molecule has 1 fully saturated rings. The number of hydrogen-bond donors (Lipinski definition) is 0. The van der Waals surface area contributed by atoms with Crippen LogP contribution in [0.5, 0.6) is 5.75 Å². The molecule has 0 bridgehead atoms. The van der Waals surface area contributed by atoms with E-state index in [2.05, 4.69) is 10.00 Å². The van der Waals surface area contributed by atoms with E-state index in [0.717, 1.165) is 45.4 Å². The zero-order chi connectivity index (χ0) is 23.7. The van der Waals surface area contributed by atoms with Gasteiger partial charge in [-0.15, -0.1) is 0 Å². The van der Waals surface area contributed by atoms with Crippen LogP contribution in [0.4, 0.5) is 9.52 Å². The third-order valence-corrected chi connectivity index (χ3v) is 7.13. The highest BCUT2D eigenvalue weighted by molar-refractivity contribution is 7.22. The van der Waals surface area contributed by atoms with Gasteiger partial charge in [0.15, 0.2) is 17.4 Å². The van der Waals surface area contributed by atoms with Crippen LogP contribution in [0.25, 0.3) is 16.0 Å². The lowest BCUT2D eigenvalue weighted by molar-refractivity contribution is -0.133. The lowest BCUT2D eigenvalue weighted by Gasteiger charge is -2.21. The monoisotopic (exact) mass is 479 g/mol. The van der Waals surface area contributed by atoms with Gasteiger partial charge in [0.2, 0.25) is 0 Å². The van der Waals surface area contributed by atoms with E-state index >= 15 is 0 Å². The number of benzene rings is 2. The summed E-state index contributed by atoms with van der Waals surface area (Å²) in [6.45, 7) is 6.84. The Morgan fingerprint density at radius 3 is 2.71 bits per heavy atom. The molecule has 5 rings (SSSR count). The lowest BCUT2D eigenvalue weighted by atomic mass is 10.2. The predicted octanol–water partition coefficient (Wildman–Crippen LogP) is 4.36. The van der Waals surface area contributed by atoms with Gasteiger partial charge in [-0.1, -0.05) is 23.5 Å². The quantitative estimate of drug-likeness (QED) is 0.426. The summed E-state index contributed by atoms with van der Waals surface area (Å²) in [5.41, 5.74) is 3.54. The second-order valence-corrected chi connectivity index (χ2v) is 9.43. The summed E-state index contributed by atoms with van der Waals surface area (Å²) in [6, 6.07) is 14.0. The van der Waals surface area contributed by atoms with Gasteiger partial charge in [-0.05, 0) is 62.2 Å². The molecule has 7 nitrogen and oxygen atoms in total. The molecule has 0 N–H and O–H groups in total. The number of rotatable bonds is 5. The zero-order valence-corrected chi connectivity index (χ0v) is 20.0. The van der Waals surface area contributed by atoms with Crippen molar-refractivity contribution in [1.29, 1.82) is 0 Å². The second-order valence-electron chi connectivity index (χ2n) is 8.45. The molecule has 1 saturated heterocycles. The number of thiazole rings is 1. The fraction of sp³-hybridized carbons (Fsp3) is 0.320. The fourth-order valence-electron chi connectivity index (χ4n) is 4.12. The van der Waals surface area contributed by atoms with Crippen LogP contribution in [0, 0.1) is 19.7 Å². The van der Waals surface area contributed by atoms with E-state index < -0.39 is 0 Å². The van der Waals surface area contributed by atoms with Gasteiger partial charge in [0.1, 0.15) is 11.6 Å². The van der Waals surface area contributed by atoms with Gasteiger partial charge in [-0.2, -0.15) is 10.1 Å². The Balaban J connectivity index is 1.27. The molecule has 9 heteroatoms. The first kappa shape index (κ1) is 22.3. The van der Waals surface area contributed by atoms with Crippen LogP contribution in [0.3, 0.4) is 0 Å². The maximum absolute atomic E-state index is 13.4. The van der Waals surface area contributed by atoms with Gasteiger partial charge in [-0.3, -0.25) is 4.79 Å². The average Bonchev–Trinajstić information content (AvgIpc) is 3.29. The normalized spacial score (nSPS) is 14.4. The Hall–Kier alpha value is -3.46. The number of hydrogen-bond acceptors (Lipinski definition) is 6. The molecule has 0 aliphatic carbocycles. The van der Waals surface area contributed by atoms with Gasteiger partial charge < -0.3 is 14.5 Å². The molecule has 176 valence electrons. The molecule has 0 unspecified atom stereocenters. The number of amides is 1. The van der Waals surface area contributed by atoms with Crippen molar-refractivity contribution in [3.63, 3.8) is 0 Å². The summed E-state index contributed by atoms with van der Waals surface area (Å²) in [5.74, 6) is 0.427. The Labute approximate surface area is 201 Å². The average molecular weight is 480 g/mol. The van der Waals surface area contributed by atoms with Crippen LogP contribution >= 0.6 is 11.3 Å². The standard InChI is InChI=1S/C25H26FN5O2S/c1-17-5-3-6-21(15-17)33-16-22(32)29-11-4-12-30(14-13-29)25-27-24-23(34-25)18(2)28-31(24)20-9-7-19(26)8-10-20/h3,5-10,15H,4,11-14,16H2,1-2H3. The number of anilines is 1. The van der Waals surface area contributed by atoms with Crippen LogP contribution in [-0.4, -0.2) is 58.4 Å². The minimum absolute atomic E-state index is 0.00421. The third kappa shape index (κ3) is 4.61. The number of carbonyl (C=O) groups is 1. The van der Waals surface area contributed by atoms with Crippen molar-refractivity contribution in [2.24, 2.45) is 0 Å². The van der Waals surface area contributed by atoms with E-state index in [4.69, 9.17) is 9.72 Å². The molecule has 0 spiro atoms. The summed E-state index contributed by atoms with van der Waals surface area (Å²) >= 11 is 1.61. The van der Waals surface area contributed by atoms with E-state index in [-0.39, 0.29) is 18.3 Å². The van der Waals surface area contributed by atoms with Crippen LogP contribution in [0.2, 0.25) is 0 Å². The SMILES string of the molecule is Cc1cccc(OCC(=O)N2CCCN(c3nc4c(s3)c(C)nn4-c3ccc(F)cc3)CC2)c1. The van der Waals surface area contributed by atoms with Crippen LogP contribution in [-0.2, 0) is 4.79 Å². The van der Waals surface area contributed by atoms with Crippen molar-refractivity contribution in [2.45, 2.75) is 20.3 Å². The summed E-state index contributed by atoms with van der Waals surface area (Å²) in [7, 11) is 0. The molecule has 1 aliphatic rings. The highest BCUT2D eigenvalue weighted by atomic mass is 32.1. The van der Waals surface area contributed by atoms with Crippen molar-refractivity contribution >= 4 is 32.7 Å². The molecular weight excluding hydrogens is 453 g/mol. The predicted molar refractivity (Wildman–Crippen MR) is 132 cm³/mol. The Morgan fingerprint density at radius 2 is 1.91 bits per heavy atom. The topological polar surface area (TPSA) is 63.5 Å². The van der Waals surface area contributed by atoms with Crippen LogP contribution in [0.15, 0.2) is 48.5 Å². The summed E-state index contributed by atoms with van der Waals surface area (Å²) in [6.07, 6.45) is 0.856. The van der Waals surface area contributed by atoms with Crippen molar-refractivity contribution in [2.75, 3.05) is 37.7 Å².